The summed E-state index contributed by atoms with van der Waals surface area (Å²) < 4.78 is 17.6. The molecule has 0 aliphatic heterocycles. The fraction of sp³-hybridized carbons (Fsp3) is 1.00. The summed E-state index contributed by atoms with van der Waals surface area (Å²) >= 11 is 0. The molecule has 0 bridgehead atoms. The zero-order valence-corrected chi connectivity index (χ0v) is 6.64. The van der Waals surface area contributed by atoms with Crippen molar-refractivity contribution in [1.82, 2.24) is 0 Å². The van der Waals surface area contributed by atoms with Crippen LogP contribution in [0, 0.1) is 0 Å². The van der Waals surface area contributed by atoms with Crippen molar-refractivity contribution in [3.05, 3.63) is 0 Å². The lowest BCUT2D eigenvalue weighted by atomic mass is 10.3. The van der Waals surface area contributed by atoms with Gasteiger partial charge in [-0.3, -0.25) is 0 Å². The molecule has 0 heterocycles. The SMILES string of the molecule is CC(C)OCC(F)CCN. The first kappa shape index (κ1) is 9.85. The lowest BCUT2D eigenvalue weighted by Crippen LogP contribution is -2.17. The Morgan fingerprint density at radius 1 is 1.50 bits per heavy atom. The Hall–Kier alpha value is -0.150. The minimum Gasteiger partial charge on any atom is -0.376 e. The molecule has 0 amide bonds. The topological polar surface area (TPSA) is 35.2 Å². The van der Waals surface area contributed by atoms with Crippen LogP contribution in [-0.4, -0.2) is 25.4 Å². The summed E-state index contributed by atoms with van der Waals surface area (Å²) in [5, 5.41) is 0. The molecule has 0 saturated heterocycles. The molecule has 62 valence electrons. The van der Waals surface area contributed by atoms with Crippen LogP contribution in [0.1, 0.15) is 20.3 Å². The maximum Gasteiger partial charge on any atom is 0.125 e. The number of nitrogens with two attached hydrogens (primary N) is 1. The third-order valence-corrected chi connectivity index (χ3v) is 1.09. The summed E-state index contributed by atoms with van der Waals surface area (Å²) in [6.45, 7) is 4.34. The van der Waals surface area contributed by atoms with E-state index in [1.807, 2.05) is 13.8 Å². The standard InChI is InChI=1S/C7H16FNO/c1-6(2)10-5-7(8)3-4-9/h6-7H,3-5,9H2,1-2H3. The van der Waals surface area contributed by atoms with Crippen molar-refractivity contribution < 1.29 is 9.13 Å². The van der Waals surface area contributed by atoms with Gasteiger partial charge in [0, 0.05) is 0 Å². The van der Waals surface area contributed by atoms with Crippen molar-refractivity contribution in [1.29, 1.82) is 0 Å². The van der Waals surface area contributed by atoms with Crippen LogP contribution >= 0.6 is 0 Å². The third-order valence-electron chi connectivity index (χ3n) is 1.09. The monoisotopic (exact) mass is 149 g/mol. The Labute approximate surface area is 61.5 Å². The fourth-order valence-electron chi connectivity index (χ4n) is 0.561. The smallest absolute Gasteiger partial charge is 0.125 e. The van der Waals surface area contributed by atoms with Gasteiger partial charge in [-0.2, -0.15) is 0 Å². The van der Waals surface area contributed by atoms with E-state index in [0.717, 1.165) is 0 Å². The highest BCUT2D eigenvalue weighted by Gasteiger charge is 2.05. The van der Waals surface area contributed by atoms with Gasteiger partial charge in [0.25, 0.3) is 0 Å². The molecule has 0 saturated carbocycles. The quantitative estimate of drug-likeness (QED) is 0.635. The molecule has 0 aromatic carbocycles. The largest absolute Gasteiger partial charge is 0.376 e. The van der Waals surface area contributed by atoms with Crippen LogP contribution in [0.3, 0.4) is 0 Å². The third kappa shape index (κ3) is 5.98. The van der Waals surface area contributed by atoms with Crippen LogP contribution in [0.5, 0.6) is 0 Å². The molecule has 0 aromatic heterocycles. The van der Waals surface area contributed by atoms with Gasteiger partial charge in [-0.25, -0.2) is 4.39 Å². The van der Waals surface area contributed by atoms with Gasteiger partial charge in [0.1, 0.15) is 6.17 Å². The molecule has 1 atom stereocenters. The van der Waals surface area contributed by atoms with Crippen LogP contribution in [0.4, 0.5) is 4.39 Å². The predicted molar refractivity (Wildman–Crippen MR) is 39.7 cm³/mol. The van der Waals surface area contributed by atoms with Crippen LogP contribution in [0.25, 0.3) is 0 Å². The Morgan fingerprint density at radius 2 is 2.10 bits per heavy atom. The zero-order valence-electron chi connectivity index (χ0n) is 6.64. The summed E-state index contributed by atoms with van der Waals surface area (Å²) in [5.74, 6) is 0. The number of halogens is 1. The number of hydrogen-bond acceptors (Lipinski definition) is 2. The van der Waals surface area contributed by atoms with Crippen LogP contribution in [0.15, 0.2) is 0 Å². The highest BCUT2D eigenvalue weighted by molar-refractivity contribution is 4.54. The second-order valence-electron chi connectivity index (χ2n) is 2.56. The highest BCUT2D eigenvalue weighted by Crippen LogP contribution is 1.98. The zero-order chi connectivity index (χ0) is 7.98. The summed E-state index contributed by atoms with van der Waals surface area (Å²) in [6.07, 6.45) is -0.393. The van der Waals surface area contributed by atoms with Gasteiger partial charge in [0.15, 0.2) is 0 Å². The summed E-state index contributed by atoms with van der Waals surface area (Å²) in [7, 11) is 0. The molecule has 0 aromatic rings. The number of rotatable bonds is 5. The molecule has 2 N–H and O–H groups in total. The van der Waals surface area contributed by atoms with E-state index in [4.69, 9.17) is 10.5 Å². The molecular weight excluding hydrogens is 133 g/mol. The summed E-state index contributed by atoms with van der Waals surface area (Å²) in [4.78, 5) is 0. The van der Waals surface area contributed by atoms with Crippen molar-refractivity contribution in [2.75, 3.05) is 13.2 Å². The maximum atomic E-state index is 12.6. The Balaban J connectivity index is 3.12. The molecule has 0 aliphatic rings. The second-order valence-corrected chi connectivity index (χ2v) is 2.56. The Morgan fingerprint density at radius 3 is 2.50 bits per heavy atom. The van der Waals surface area contributed by atoms with E-state index in [2.05, 4.69) is 0 Å². The van der Waals surface area contributed by atoms with Crippen LogP contribution < -0.4 is 5.73 Å². The molecule has 0 radical (unpaired) electrons. The summed E-state index contributed by atoms with van der Waals surface area (Å²) in [6, 6.07) is 0. The van der Waals surface area contributed by atoms with E-state index < -0.39 is 6.17 Å². The van der Waals surface area contributed by atoms with Crippen molar-refractivity contribution >= 4 is 0 Å². The van der Waals surface area contributed by atoms with Gasteiger partial charge in [-0.1, -0.05) is 0 Å². The van der Waals surface area contributed by atoms with Gasteiger partial charge in [-0.15, -0.1) is 0 Å². The van der Waals surface area contributed by atoms with Gasteiger partial charge < -0.3 is 10.5 Å². The van der Waals surface area contributed by atoms with E-state index in [0.29, 0.717) is 13.0 Å². The molecule has 0 rings (SSSR count). The Kier molecular flexibility index (Phi) is 5.54. The van der Waals surface area contributed by atoms with Crippen molar-refractivity contribution in [2.24, 2.45) is 5.73 Å². The predicted octanol–water partition coefficient (Wildman–Crippen LogP) is 1.10. The first-order valence-corrected chi connectivity index (χ1v) is 3.62. The van der Waals surface area contributed by atoms with Crippen LogP contribution in [0.2, 0.25) is 0 Å². The fourth-order valence-corrected chi connectivity index (χ4v) is 0.561. The van der Waals surface area contributed by atoms with E-state index in [1.165, 1.54) is 0 Å². The second kappa shape index (κ2) is 5.62. The van der Waals surface area contributed by atoms with Gasteiger partial charge in [0.2, 0.25) is 0 Å². The first-order valence-electron chi connectivity index (χ1n) is 3.62. The van der Waals surface area contributed by atoms with Gasteiger partial charge in [-0.05, 0) is 26.8 Å². The molecule has 2 nitrogen and oxygen atoms in total. The molecule has 0 aliphatic carbocycles. The normalized spacial score (nSPS) is 14.1. The Bertz CT molecular complexity index is 78.0. The molecule has 10 heavy (non-hydrogen) atoms. The number of alkyl halides is 1. The van der Waals surface area contributed by atoms with E-state index in [9.17, 15) is 4.39 Å². The van der Waals surface area contributed by atoms with E-state index >= 15 is 0 Å². The van der Waals surface area contributed by atoms with Gasteiger partial charge in [0.05, 0.1) is 12.7 Å². The lowest BCUT2D eigenvalue weighted by molar-refractivity contribution is 0.0367. The number of hydrogen-bond donors (Lipinski definition) is 1. The minimum absolute atomic E-state index is 0.107. The van der Waals surface area contributed by atoms with Crippen molar-refractivity contribution in [2.45, 2.75) is 32.5 Å². The molecule has 0 fully saturated rings. The number of ether oxygens (including phenoxy) is 1. The molecule has 3 heteroatoms. The van der Waals surface area contributed by atoms with Gasteiger partial charge >= 0.3 is 0 Å². The molecule has 0 spiro atoms. The average Bonchev–Trinajstić information content (AvgIpc) is 1.85. The minimum atomic E-state index is -0.896. The van der Waals surface area contributed by atoms with Crippen molar-refractivity contribution in [3.8, 4) is 0 Å². The van der Waals surface area contributed by atoms with E-state index in [-0.39, 0.29) is 12.7 Å². The van der Waals surface area contributed by atoms with Crippen molar-refractivity contribution in [3.63, 3.8) is 0 Å². The molecular formula is C7H16FNO. The first-order chi connectivity index (χ1) is 4.66. The summed E-state index contributed by atoms with van der Waals surface area (Å²) in [5.41, 5.74) is 5.14. The highest BCUT2D eigenvalue weighted by atomic mass is 19.1. The van der Waals surface area contributed by atoms with Crippen LogP contribution in [-0.2, 0) is 4.74 Å². The van der Waals surface area contributed by atoms with E-state index in [1.54, 1.807) is 0 Å². The average molecular weight is 149 g/mol. The molecule has 1 unspecified atom stereocenters. The maximum absolute atomic E-state index is 12.6. The lowest BCUT2D eigenvalue weighted by Gasteiger charge is -2.09.